The minimum atomic E-state index is -4.20. The van der Waals surface area contributed by atoms with Crippen molar-refractivity contribution in [1.29, 1.82) is 0 Å². The van der Waals surface area contributed by atoms with E-state index in [1.54, 1.807) is 6.92 Å². The summed E-state index contributed by atoms with van der Waals surface area (Å²) in [6, 6.07) is 7.06. The number of aliphatic carboxylic acids is 1. The van der Waals surface area contributed by atoms with Gasteiger partial charge < -0.3 is 10.2 Å². The van der Waals surface area contributed by atoms with E-state index in [0.29, 0.717) is 5.56 Å². The van der Waals surface area contributed by atoms with Crippen molar-refractivity contribution in [1.82, 2.24) is 4.72 Å². The van der Waals surface area contributed by atoms with Gasteiger partial charge in [0, 0.05) is 6.42 Å². The molecule has 2 aromatic rings. The minimum absolute atomic E-state index is 0.00206. The number of thiophene rings is 1. The lowest BCUT2D eigenvalue weighted by Crippen LogP contribution is -2.55. The van der Waals surface area contributed by atoms with Crippen molar-refractivity contribution in [2.24, 2.45) is 0 Å². The van der Waals surface area contributed by atoms with E-state index in [1.807, 2.05) is 0 Å². The fourth-order valence-corrected chi connectivity index (χ4v) is 5.87. The Morgan fingerprint density at radius 3 is 2.32 bits per heavy atom. The Labute approximate surface area is 159 Å². The number of hydrogen-bond donors (Lipinski definition) is 3. The van der Waals surface area contributed by atoms with Crippen LogP contribution >= 0.6 is 34.5 Å². The molecule has 6 nitrogen and oxygen atoms in total. The lowest BCUT2D eigenvalue weighted by Gasteiger charge is -2.29. The molecule has 0 aliphatic rings. The maximum absolute atomic E-state index is 12.6. The number of aromatic hydroxyl groups is 1. The summed E-state index contributed by atoms with van der Waals surface area (Å²) in [5, 5.41) is 19.0. The van der Waals surface area contributed by atoms with E-state index in [-0.39, 0.29) is 32.2 Å². The monoisotopic (exact) mass is 423 g/mol. The fraction of sp³-hybridized carbons (Fsp3) is 0.267. The lowest BCUT2D eigenvalue weighted by atomic mass is 9.89. The molecule has 1 atom stereocenters. The Balaban J connectivity index is 2.41. The van der Waals surface area contributed by atoms with Gasteiger partial charge in [0.15, 0.2) is 0 Å². The summed E-state index contributed by atoms with van der Waals surface area (Å²) in [4.78, 5) is 11.6. The quantitative estimate of drug-likeness (QED) is 0.631. The third kappa shape index (κ3) is 4.45. The molecule has 1 aromatic carbocycles. The fourth-order valence-electron chi connectivity index (χ4n) is 2.29. The Morgan fingerprint density at radius 1 is 1.28 bits per heavy atom. The molecule has 0 saturated carbocycles. The molecule has 1 heterocycles. The van der Waals surface area contributed by atoms with E-state index in [9.17, 15) is 23.4 Å². The van der Waals surface area contributed by atoms with Crippen molar-refractivity contribution in [3.05, 3.63) is 44.6 Å². The Bertz CT molecular complexity index is 880. The minimum Gasteiger partial charge on any atom is -0.508 e. The number of carboxylic acid groups (broad SMARTS) is 1. The molecule has 10 heteroatoms. The highest BCUT2D eigenvalue weighted by Crippen LogP contribution is 2.35. The highest BCUT2D eigenvalue weighted by molar-refractivity contribution is 7.90. The number of nitrogens with one attached hydrogen (secondary N) is 1. The van der Waals surface area contributed by atoms with Crippen molar-refractivity contribution in [2.45, 2.75) is 30.2 Å². The highest BCUT2D eigenvalue weighted by atomic mass is 35.5. The molecule has 25 heavy (non-hydrogen) atoms. The van der Waals surface area contributed by atoms with Crippen molar-refractivity contribution < 1.29 is 23.4 Å². The Morgan fingerprint density at radius 2 is 1.88 bits per heavy atom. The molecule has 0 unspecified atom stereocenters. The number of phenolic OH excluding ortho intramolecular Hbond substituents is 1. The lowest BCUT2D eigenvalue weighted by molar-refractivity contribution is -0.144. The zero-order valence-corrected chi connectivity index (χ0v) is 16.1. The first-order valence-electron chi connectivity index (χ1n) is 7.10. The molecule has 0 spiro atoms. The summed E-state index contributed by atoms with van der Waals surface area (Å²) < 4.78 is 27.7. The summed E-state index contributed by atoms with van der Waals surface area (Å²) in [7, 11) is -4.20. The predicted molar refractivity (Wildman–Crippen MR) is 97.1 cm³/mol. The smallest absolute Gasteiger partial charge is 0.325 e. The van der Waals surface area contributed by atoms with E-state index >= 15 is 0 Å². The largest absolute Gasteiger partial charge is 0.508 e. The summed E-state index contributed by atoms with van der Waals surface area (Å²) in [6.07, 6.45) is -0.105. The van der Waals surface area contributed by atoms with Gasteiger partial charge in [-0.3, -0.25) is 4.79 Å². The summed E-state index contributed by atoms with van der Waals surface area (Å²) in [5.41, 5.74) is -1.22. The van der Waals surface area contributed by atoms with Crippen LogP contribution in [0.3, 0.4) is 0 Å². The van der Waals surface area contributed by atoms with Crippen LogP contribution in [-0.2, 0) is 21.2 Å². The second kappa shape index (κ2) is 7.51. The van der Waals surface area contributed by atoms with Gasteiger partial charge in [-0.25, -0.2) is 8.42 Å². The van der Waals surface area contributed by atoms with Gasteiger partial charge in [-0.05, 0) is 30.2 Å². The van der Waals surface area contributed by atoms with Crippen molar-refractivity contribution in [3.8, 4) is 5.75 Å². The van der Waals surface area contributed by atoms with E-state index in [4.69, 9.17) is 23.2 Å². The third-order valence-electron chi connectivity index (χ3n) is 3.70. The molecule has 0 aliphatic heterocycles. The number of rotatable bonds is 7. The number of hydrogen-bond acceptors (Lipinski definition) is 5. The molecule has 2 rings (SSSR count). The first-order valence-corrected chi connectivity index (χ1v) is 10.2. The normalized spacial score (nSPS) is 14.2. The van der Waals surface area contributed by atoms with E-state index in [0.717, 1.165) is 11.3 Å². The van der Waals surface area contributed by atoms with Crippen LogP contribution in [0.25, 0.3) is 0 Å². The molecule has 3 N–H and O–H groups in total. The number of halogens is 2. The van der Waals surface area contributed by atoms with Crippen LogP contribution in [0.2, 0.25) is 8.67 Å². The van der Waals surface area contributed by atoms with Crippen molar-refractivity contribution in [2.75, 3.05) is 0 Å². The molecule has 0 fully saturated rings. The maximum atomic E-state index is 12.6. The Hall–Kier alpha value is -1.32. The second-order valence-electron chi connectivity index (χ2n) is 5.38. The number of sulfonamides is 1. The zero-order valence-electron chi connectivity index (χ0n) is 13.0. The van der Waals surface area contributed by atoms with Gasteiger partial charge in [-0.1, -0.05) is 42.3 Å². The number of benzene rings is 1. The standard InChI is InChI=1S/C15H15Cl2NO5S2/c1-2-15(14(20)21,8-9-3-5-10(19)6-4-9)18-25(22,23)11-7-12(16)24-13(11)17/h3-7,18-19H,2,8H2,1H3,(H,20,21)/t15-/m0/s1. The van der Waals surface area contributed by atoms with Crippen LogP contribution in [0.4, 0.5) is 0 Å². The molecule has 0 aliphatic carbocycles. The molecular formula is C15H15Cl2NO5S2. The molecule has 0 bridgehead atoms. The Kier molecular flexibility index (Phi) is 6.01. The van der Waals surface area contributed by atoms with E-state index < -0.39 is 21.5 Å². The van der Waals surface area contributed by atoms with E-state index in [2.05, 4.69) is 4.72 Å². The average Bonchev–Trinajstić information content (AvgIpc) is 2.88. The van der Waals surface area contributed by atoms with Crippen molar-refractivity contribution in [3.63, 3.8) is 0 Å². The molecule has 0 amide bonds. The SMILES string of the molecule is CC[C@@](Cc1ccc(O)cc1)(NS(=O)(=O)c1cc(Cl)sc1Cl)C(=O)O. The van der Waals surface area contributed by atoms with E-state index in [1.165, 1.54) is 30.3 Å². The molecular weight excluding hydrogens is 409 g/mol. The summed E-state index contributed by atoms with van der Waals surface area (Å²) in [6.45, 7) is 1.57. The highest BCUT2D eigenvalue weighted by Gasteiger charge is 2.42. The topological polar surface area (TPSA) is 104 Å². The first kappa shape index (κ1) is 20.0. The van der Waals surface area contributed by atoms with Crippen molar-refractivity contribution >= 4 is 50.5 Å². The van der Waals surface area contributed by atoms with Gasteiger partial charge in [0.1, 0.15) is 20.5 Å². The van der Waals surface area contributed by atoms with Gasteiger partial charge >= 0.3 is 5.97 Å². The summed E-state index contributed by atoms with van der Waals surface area (Å²) >= 11 is 12.6. The van der Waals surface area contributed by atoms with Gasteiger partial charge in [0.25, 0.3) is 0 Å². The third-order valence-corrected chi connectivity index (χ3v) is 6.99. The maximum Gasteiger partial charge on any atom is 0.325 e. The number of carboxylic acids is 1. The van der Waals surface area contributed by atoms with Gasteiger partial charge in [0.05, 0.1) is 4.34 Å². The second-order valence-corrected chi connectivity index (χ2v) is 9.31. The summed E-state index contributed by atoms with van der Waals surface area (Å²) in [5.74, 6) is -1.29. The molecule has 1 aromatic heterocycles. The molecule has 0 radical (unpaired) electrons. The van der Waals surface area contributed by atoms with Crippen LogP contribution in [0.15, 0.2) is 35.2 Å². The molecule has 0 saturated heterocycles. The molecule has 136 valence electrons. The van der Waals surface area contributed by atoms with Crippen LogP contribution in [-0.4, -0.2) is 30.1 Å². The average molecular weight is 424 g/mol. The predicted octanol–water partition coefficient (Wildman–Crippen LogP) is 3.51. The number of carbonyl (C=O) groups is 1. The van der Waals surface area contributed by atoms with Crippen LogP contribution < -0.4 is 4.72 Å². The first-order chi connectivity index (χ1) is 11.6. The van der Waals surface area contributed by atoms with Crippen LogP contribution in [0, 0.1) is 0 Å². The zero-order chi connectivity index (χ0) is 18.8. The van der Waals surface area contributed by atoms with Crippen LogP contribution in [0.5, 0.6) is 5.75 Å². The number of phenols is 1. The van der Waals surface area contributed by atoms with Crippen LogP contribution in [0.1, 0.15) is 18.9 Å². The van der Waals surface area contributed by atoms with Gasteiger partial charge in [0.2, 0.25) is 10.0 Å². The van der Waals surface area contributed by atoms with Gasteiger partial charge in [-0.15, -0.1) is 11.3 Å². The van der Waals surface area contributed by atoms with Gasteiger partial charge in [-0.2, -0.15) is 4.72 Å².